The van der Waals surface area contributed by atoms with Crippen molar-refractivity contribution < 1.29 is 5.11 Å². The molecule has 0 saturated carbocycles. The molecule has 1 N–H and O–H groups in total. The van der Waals surface area contributed by atoms with Gasteiger partial charge >= 0.3 is 0 Å². The van der Waals surface area contributed by atoms with Gasteiger partial charge in [-0.05, 0) is 58.3 Å². The summed E-state index contributed by atoms with van der Waals surface area (Å²) in [5.74, 6) is 1.28. The maximum Gasteiger partial charge on any atom is 0.0433 e. The number of aliphatic hydroxyl groups excluding tert-OH is 1. The predicted octanol–water partition coefficient (Wildman–Crippen LogP) is 4.72. The van der Waals surface area contributed by atoms with Crippen molar-refractivity contribution in [2.24, 2.45) is 11.8 Å². The van der Waals surface area contributed by atoms with Crippen molar-refractivity contribution in [3.05, 3.63) is 23.3 Å². The van der Waals surface area contributed by atoms with Gasteiger partial charge in [-0.25, -0.2) is 0 Å². The molecule has 0 unspecified atom stereocenters. The molecule has 100 valence electrons. The van der Waals surface area contributed by atoms with Crippen LogP contribution in [0.3, 0.4) is 0 Å². The van der Waals surface area contributed by atoms with E-state index in [0.717, 1.165) is 19.3 Å². The summed E-state index contributed by atoms with van der Waals surface area (Å²) in [6.45, 7) is 11.3. The van der Waals surface area contributed by atoms with E-state index in [1.54, 1.807) is 0 Å². The predicted molar refractivity (Wildman–Crippen MR) is 77.1 cm³/mol. The maximum absolute atomic E-state index is 8.91. The van der Waals surface area contributed by atoms with E-state index in [1.807, 2.05) is 0 Å². The molecule has 0 bridgehead atoms. The Kier molecular flexibility index (Phi) is 9.16. The van der Waals surface area contributed by atoms with Crippen LogP contribution in [-0.2, 0) is 0 Å². The van der Waals surface area contributed by atoms with Gasteiger partial charge in [-0.3, -0.25) is 0 Å². The fraction of sp³-hybridized carbons (Fsp3) is 0.750. The molecule has 17 heavy (non-hydrogen) atoms. The van der Waals surface area contributed by atoms with Crippen molar-refractivity contribution in [3.8, 4) is 0 Å². The third-order valence-electron chi connectivity index (χ3n) is 3.49. The molecule has 0 radical (unpaired) electrons. The smallest absolute Gasteiger partial charge is 0.0433 e. The van der Waals surface area contributed by atoms with Crippen LogP contribution in [0.5, 0.6) is 0 Å². The van der Waals surface area contributed by atoms with Gasteiger partial charge in [0.1, 0.15) is 0 Å². The van der Waals surface area contributed by atoms with Gasteiger partial charge in [-0.15, -0.1) is 0 Å². The van der Waals surface area contributed by atoms with E-state index < -0.39 is 0 Å². The van der Waals surface area contributed by atoms with Crippen molar-refractivity contribution in [3.63, 3.8) is 0 Å². The zero-order valence-corrected chi connectivity index (χ0v) is 12.3. The Bertz CT molecular complexity index is 246. The Balaban J connectivity index is 3.93. The summed E-state index contributed by atoms with van der Waals surface area (Å²) < 4.78 is 0. The van der Waals surface area contributed by atoms with Gasteiger partial charge in [0.2, 0.25) is 0 Å². The van der Waals surface area contributed by atoms with Crippen LogP contribution in [0, 0.1) is 11.8 Å². The molecule has 0 aliphatic carbocycles. The number of allylic oxidation sites excluding steroid dienone is 4. The van der Waals surface area contributed by atoms with Crippen LogP contribution in [0.2, 0.25) is 0 Å². The van der Waals surface area contributed by atoms with Crippen LogP contribution in [-0.4, -0.2) is 11.7 Å². The third-order valence-corrected chi connectivity index (χ3v) is 3.49. The highest BCUT2D eigenvalue weighted by atomic mass is 16.3. The summed E-state index contributed by atoms with van der Waals surface area (Å²) in [6, 6.07) is 0. The van der Waals surface area contributed by atoms with Crippen molar-refractivity contribution in [2.75, 3.05) is 6.61 Å². The molecule has 0 spiro atoms. The number of rotatable bonds is 8. The molecule has 1 nitrogen and oxygen atoms in total. The van der Waals surface area contributed by atoms with E-state index in [0.29, 0.717) is 18.4 Å². The maximum atomic E-state index is 8.91. The molecule has 2 atom stereocenters. The molecular formula is C16H30O. The topological polar surface area (TPSA) is 20.2 Å². The van der Waals surface area contributed by atoms with Gasteiger partial charge in [-0.1, -0.05) is 37.1 Å². The molecule has 0 rings (SSSR count). The van der Waals surface area contributed by atoms with Crippen LogP contribution in [0.1, 0.15) is 60.3 Å². The largest absolute Gasteiger partial charge is 0.396 e. The molecule has 0 amide bonds. The van der Waals surface area contributed by atoms with Crippen LogP contribution in [0.4, 0.5) is 0 Å². The molecule has 0 aromatic carbocycles. The molecule has 0 fully saturated rings. The van der Waals surface area contributed by atoms with E-state index in [4.69, 9.17) is 5.11 Å². The highest BCUT2D eigenvalue weighted by molar-refractivity contribution is 5.02. The van der Waals surface area contributed by atoms with Crippen molar-refractivity contribution in [1.82, 2.24) is 0 Å². The second kappa shape index (κ2) is 9.47. The summed E-state index contributed by atoms with van der Waals surface area (Å²) >= 11 is 0. The lowest BCUT2D eigenvalue weighted by Crippen LogP contribution is -2.08. The highest BCUT2D eigenvalue weighted by Crippen LogP contribution is 2.20. The van der Waals surface area contributed by atoms with Crippen LogP contribution < -0.4 is 0 Å². The minimum Gasteiger partial charge on any atom is -0.396 e. The number of hydrogen-bond donors (Lipinski definition) is 1. The Morgan fingerprint density at radius 3 is 2.24 bits per heavy atom. The summed E-state index contributed by atoms with van der Waals surface area (Å²) in [4.78, 5) is 0. The summed E-state index contributed by atoms with van der Waals surface area (Å²) in [6.07, 6.45) is 9.07. The molecule has 0 heterocycles. The Morgan fingerprint density at radius 2 is 1.71 bits per heavy atom. The van der Waals surface area contributed by atoms with E-state index >= 15 is 0 Å². The first kappa shape index (κ1) is 16.4. The normalized spacial score (nSPS) is 15.5. The molecular weight excluding hydrogens is 208 g/mol. The molecule has 1 heteroatoms. The highest BCUT2D eigenvalue weighted by Gasteiger charge is 2.09. The standard InChI is InChI=1S/C16H30O/c1-13(2)7-6-8-14(3)9-10-15(4)16(5)11-12-17/h7,9,15-17H,6,8,10-12H2,1-5H3/t15-,16+/m1/s1. The fourth-order valence-electron chi connectivity index (χ4n) is 1.80. The second-order valence-corrected chi connectivity index (χ2v) is 5.57. The van der Waals surface area contributed by atoms with Gasteiger partial charge < -0.3 is 5.11 Å². The quantitative estimate of drug-likeness (QED) is 0.606. The van der Waals surface area contributed by atoms with Gasteiger partial charge in [0.25, 0.3) is 0 Å². The van der Waals surface area contributed by atoms with Gasteiger partial charge in [0, 0.05) is 6.61 Å². The lowest BCUT2D eigenvalue weighted by atomic mass is 9.89. The van der Waals surface area contributed by atoms with Crippen molar-refractivity contribution >= 4 is 0 Å². The van der Waals surface area contributed by atoms with Gasteiger partial charge in [0.15, 0.2) is 0 Å². The molecule has 0 aliphatic heterocycles. The molecule has 0 aromatic heterocycles. The average Bonchev–Trinajstić information content (AvgIpc) is 2.25. The average molecular weight is 238 g/mol. The lowest BCUT2D eigenvalue weighted by molar-refractivity contribution is 0.235. The summed E-state index contributed by atoms with van der Waals surface area (Å²) in [5, 5.41) is 8.91. The first-order chi connectivity index (χ1) is 7.97. The van der Waals surface area contributed by atoms with Crippen molar-refractivity contribution in [2.45, 2.75) is 60.3 Å². The minimum atomic E-state index is 0.314. The van der Waals surface area contributed by atoms with Crippen molar-refractivity contribution in [1.29, 1.82) is 0 Å². The second-order valence-electron chi connectivity index (χ2n) is 5.57. The molecule has 0 aromatic rings. The third kappa shape index (κ3) is 9.17. The minimum absolute atomic E-state index is 0.314. The molecule has 0 saturated heterocycles. The van der Waals surface area contributed by atoms with Gasteiger partial charge in [-0.2, -0.15) is 0 Å². The van der Waals surface area contributed by atoms with E-state index in [-0.39, 0.29) is 0 Å². The first-order valence-electron chi connectivity index (χ1n) is 6.87. The Morgan fingerprint density at radius 1 is 1.06 bits per heavy atom. The summed E-state index contributed by atoms with van der Waals surface area (Å²) in [7, 11) is 0. The first-order valence-corrected chi connectivity index (χ1v) is 6.87. The van der Waals surface area contributed by atoms with E-state index in [9.17, 15) is 0 Å². The number of aliphatic hydroxyl groups is 1. The number of hydrogen-bond acceptors (Lipinski definition) is 1. The van der Waals surface area contributed by atoms with Crippen LogP contribution in [0.15, 0.2) is 23.3 Å². The summed E-state index contributed by atoms with van der Waals surface area (Å²) in [5.41, 5.74) is 2.90. The monoisotopic (exact) mass is 238 g/mol. The van der Waals surface area contributed by atoms with Crippen LogP contribution >= 0.6 is 0 Å². The van der Waals surface area contributed by atoms with Gasteiger partial charge in [0.05, 0.1) is 0 Å². The SMILES string of the molecule is CC(C)=CCCC(C)=CC[C@@H](C)[C@@H](C)CCO. The zero-order valence-electron chi connectivity index (χ0n) is 12.3. The van der Waals surface area contributed by atoms with Crippen LogP contribution in [0.25, 0.3) is 0 Å². The fourth-order valence-corrected chi connectivity index (χ4v) is 1.80. The Labute approximate surface area is 108 Å². The Hall–Kier alpha value is -0.560. The van der Waals surface area contributed by atoms with E-state index in [2.05, 4.69) is 46.8 Å². The zero-order chi connectivity index (χ0) is 13.3. The lowest BCUT2D eigenvalue weighted by Gasteiger charge is -2.17. The molecule has 0 aliphatic rings. The van der Waals surface area contributed by atoms with E-state index in [1.165, 1.54) is 17.6 Å².